The predicted octanol–water partition coefficient (Wildman–Crippen LogP) is 1.62. The number of rotatable bonds is 5. The summed E-state index contributed by atoms with van der Waals surface area (Å²) in [5, 5.41) is 0. The number of oxazole rings is 1. The van der Waals surface area contributed by atoms with Crippen LogP contribution in [-0.2, 0) is 26.1 Å². The third-order valence-electron chi connectivity index (χ3n) is 4.80. The number of hydrogen-bond acceptors (Lipinski definition) is 6. The summed E-state index contributed by atoms with van der Waals surface area (Å²) in [4.78, 5) is 23.4. The van der Waals surface area contributed by atoms with Crippen LogP contribution in [0.4, 0.5) is 0 Å². The average molecular weight is 382 g/mol. The van der Waals surface area contributed by atoms with Crippen molar-refractivity contribution in [2.24, 2.45) is 5.92 Å². The van der Waals surface area contributed by atoms with Crippen LogP contribution in [0.1, 0.15) is 32.6 Å². The summed E-state index contributed by atoms with van der Waals surface area (Å²) < 4.78 is 38.7. The zero-order valence-corrected chi connectivity index (χ0v) is 15.5. The predicted molar refractivity (Wildman–Crippen MR) is 94.2 cm³/mol. The van der Waals surface area contributed by atoms with Gasteiger partial charge in [-0.05, 0) is 43.7 Å². The number of aromatic nitrogens is 1. The Labute approximate surface area is 151 Å². The summed E-state index contributed by atoms with van der Waals surface area (Å²) >= 11 is 0. The zero-order chi connectivity index (χ0) is 18.9. The fraction of sp³-hybridized carbons (Fsp3) is 0.529. The summed E-state index contributed by atoms with van der Waals surface area (Å²) in [6, 6.07) is 4.08. The minimum Gasteiger partial charge on any atom is -0.468 e. The van der Waals surface area contributed by atoms with Crippen molar-refractivity contribution in [3.05, 3.63) is 28.7 Å². The molecule has 1 saturated carbocycles. The van der Waals surface area contributed by atoms with Gasteiger partial charge in [0.25, 0.3) is 0 Å². The van der Waals surface area contributed by atoms with Crippen LogP contribution in [0.3, 0.4) is 0 Å². The van der Waals surface area contributed by atoms with Gasteiger partial charge in [0.2, 0.25) is 10.0 Å². The van der Waals surface area contributed by atoms with E-state index in [0.717, 1.165) is 30.3 Å². The molecular formula is C17H22N2O6S. The molecule has 1 aliphatic carbocycles. The van der Waals surface area contributed by atoms with Crippen LogP contribution in [0.5, 0.6) is 0 Å². The van der Waals surface area contributed by atoms with Gasteiger partial charge in [-0.15, -0.1) is 0 Å². The van der Waals surface area contributed by atoms with Crippen LogP contribution < -0.4 is 10.5 Å². The van der Waals surface area contributed by atoms with Crippen molar-refractivity contribution in [2.45, 2.75) is 50.1 Å². The number of methoxy groups -OCH3 is 1. The average Bonchev–Trinajstić information content (AvgIpc) is 2.91. The fourth-order valence-corrected chi connectivity index (χ4v) is 4.54. The lowest BCUT2D eigenvalue weighted by Gasteiger charge is -2.26. The Balaban J connectivity index is 1.86. The molecule has 0 spiro atoms. The molecule has 0 aliphatic heterocycles. The first-order valence-electron chi connectivity index (χ1n) is 8.52. The SMILES string of the molecule is COC(=O)Cn1c(=O)oc2cc(S(=O)(=O)NC3CCC(C)CC3)ccc21. The maximum Gasteiger partial charge on any atom is 0.420 e. The molecule has 1 aliphatic rings. The van der Waals surface area contributed by atoms with Crippen LogP contribution in [-0.4, -0.2) is 32.1 Å². The van der Waals surface area contributed by atoms with Crippen LogP contribution in [0.15, 0.2) is 32.3 Å². The van der Waals surface area contributed by atoms with Gasteiger partial charge in [0.1, 0.15) is 6.54 Å². The summed E-state index contributed by atoms with van der Waals surface area (Å²) in [7, 11) is -2.49. The normalized spacial score (nSPS) is 21.0. The van der Waals surface area contributed by atoms with Crippen molar-refractivity contribution in [2.75, 3.05) is 7.11 Å². The van der Waals surface area contributed by atoms with Crippen LogP contribution in [0.2, 0.25) is 0 Å². The van der Waals surface area contributed by atoms with Gasteiger partial charge in [0.05, 0.1) is 17.5 Å². The molecule has 1 heterocycles. The highest BCUT2D eigenvalue weighted by molar-refractivity contribution is 7.89. The molecular weight excluding hydrogens is 360 g/mol. The van der Waals surface area contributed by atoms with Gasteiger partial charge in [-0.1, -0.05) is 6.92 Å². The highest BCUT2D eigenvalue weighted by Gasteiger charge is 2.25. The first-order chi connectivity index (χ1) is 12.3. The molecule has 2 aromatic rings. The number of carbonyl (C=O) groups excluding carboxylic acids is 1. The third-order valence-corrected chi connectivity index (χ3v) is 6.32. The highest BCUT2D eigenvalue weighted by atomic mass is 32.2. The van der Waals surface area contributed by atoms with Gasteiger partial charge < -0.3 is 9.15 Å². The summed E-state index contributed by atoms with van der Waals surface area (Å²) in [6.45, 7) is 1.87. The molecule has 0 radical (unpaired) electrons. The van der Waals surface area contributed by atoms with Gasteiger partial charge in [0, 0.05) is 12.1 Å². The third kappa shape index (κ3) is 3.83. The first kappa shape index (κ1) is 18.7. The van der Waals surface area contributed by atoms with Gasteiger partial charge in [-0.25, -0.2) is 17.9 Å². The molecule has 26 heavy (non-hydrogen) atoms. The Bertz CT molecular complexity index is 967. The molecule has 1 aromatic heterocycles. The van der Waals surface area contributed by atoms with E-state index >= 15 is 0 Å². The second-order valence-corrected chi connectivity index (χ2v) is 8.45. The van der Waals surface area contributed by atoms with Gasteiger partial charge >= 0.3 is 11.7 Å². The van der Waals surface area contributed by atoms with Gasteiger partial charge in [-0.3, -0.25) is 9.36 Å². The summed E-state index contributed by atoms with van der Waals surface area (Å²) in [5.41, 5.74) is 0.449. The fourth-order valence-electron chi connectivity index (χ4n) is 3.22. The Morgan fingerprint density at radius 1 is 1.31 bits per heavy atom. The van der Waals surface area contributed by atoms with E-state index in [1.54, 1.807) is 0 Å². The number of sulfonamides is 1. The van der Waals surface area contributed by atoms with Crippen molar-refractivity contribution in [1.29, 1.82) is 0 Å². The molecule has 0 amide bonds. The quantitative estimate of drug-likeness (QED) is 0.788. The van der Waals surface area contributed by atoms with E-state index in [4.69, 9.17) is 4.42 Å². The number of benzene rings is 1. The number of esters is 1. The van der Waals surface area contributed by atoms with E-state index in [-0.39, 0.29) is 23.1 Å². The smallest absolute Gasteiger partial charge is 0.420 e. The van der Waals surface area contributed by atoms with Crippen molar-refractivity contribution in [1.82, 2.24) is 9.29 Å². The van der Waals surface area contributed by atoms with Gasteiger partial charge in [-0.2, -0.15) is 0 Å². The van der Waals surface area contributed by atoms with E-state index in [1.807, 2.05) is 0 Å². The summed E-state index contributed by atoms with van der Waals surface area (Å²) in [5.74, 6) is -0.718. The lowest BCUT2D eigenvalue weighted by atomic mass is 9.88. The topological polar surface area (TPSA) is 108 Å². The molecule has 3 rings (SSSR count). The first-order valence-corrected chi connectivity index (χ1v) is 10.0. The lowest BCUT2D eigenvalue weighted by molar-refractivity contribution is -0.141. The maximum absolute atomic E-state index is 12.6. The Kier molecular flexibility index (Phi) is 5.19. The number of carbonyl (C=O) groups is 1. The Morgan fingerprint density at radius 3 is 2.65 bits per heavy atom. The number of fused-ring (bicyclic) bond motifs is 1. The van der Waals surface area contributed by atoms with E-state index in [0.29, 0.717) is 11.4 Å². The molecule has 0 atom stereocenters. The molecule has 0 saturated heterocycles. The standard InChI is InChI=1S/C17H22N2O6S/c1-11-3-5-12(6-4-11)18-26(22,23)13-7-8-14-15(9-13)25-17(21)19(14)10-16(20)24-2/h7-9,11-12,18H,3-6,10H2,1-2H3. The second kappa shape index (κ2) is 7.24. The zero-order valence-electron chi connectivity index (χ0n) is 14.7. The van der Waals surface area contributed by atoms with E-state index in [9.17, 15) is 18.0 Å². The Morgan fingerprint density at radius 2 is 2.00 bits per heavy atom. The van der Waals surface area contributed by atoms with Crippen LogP contribution in [0.25, 0.3) is 11.1 Å². The molecule has 1 fully saturated rings. The van der Waals surface area contributed by atoms with E-state index < -0.39 is 21.7 Å². The molecule has 0 unspecified atom stereocenters. The molecule has 0 bridgehead atoms. The minimum absolute atomic E-state index is 0.0302. The largest absolute Gasteiger partial charge is 0.468 e. The monoisotopic (exact) mass is 382 g/mol. The van der Waals surface area contributed by atoms with E-state index in [2.05, 4.69) is 16.4 Å². The van der Waals surface area contributed by atoms with Crippen molar-refractivity contribution in [3.63, 3.8) is 0 Å². The number of nitrogens with one attached hydrogen (secondary N) is 1. The van der Waals surface area contributed by atoms with Crippen molar-refractivity contribution < 1.29 is 22.4 Å². The van der Waals surface area contributed by atoms with Crippen molar-refractivity contribution in [3.8, 4) is 0 Å². The number of nitrogens with zero attached hydrogens (tertiary/aromatic N) is 1. The second-order valence-electron chi connectivity index (χ2n) is 6.74. The van der Waals surface area contributed by atoms with E-state index in [1.165, 1.54) is 25.3 Å². The minimum atomic E-state index is -3.71. The molecule has 1 N–H and O–H groups in total. The highest BCUT2D eigenvalue weighted by Crippen LogP contribution is 2.25. The lowest BCUT2D eigenvalue weighted by Crippen LogP contribution is -2.37. The molecule has 142 valence electrons. The molecule has 8 nitrogen and oxygen atoms in total. The maximum atomic E-state index is 12.6. The Hall–Kier alpha value is -2.13. The van der Waals surface area contributed by atoms with Crippen LogP contribution in [0, 0.1) is 5.92 Å². The van der Waals surface area contributed by atoms with Crippen molar-refractivity contribution >= 4 is 27.1 Å². The number of ether oxygens (including phenoxy) is 1. The van der Waals surface area contributed by atoms with Gasteiger partial charge in [0.15, 0.2) is 5.58 Å². The molecule has 9 heteroatoms. The number of hydrogen-bond donors (Lipinski definition) is 1. The summed E-state index contributed by atoms with van der Waals surface area (Å²) in [6.07, 6.45) is 3.62. The molecule has 1 aromatic carbocycles. The van der Waals surface area contributed by atoms with Crippen LogP contribution >= 0.6 is 0 Å².